The van der Waals surface area contributed by atoms with Gasteiger partial charge >= 0.3 is 0 Å². The summed E-state index contributed by atoms with van der Waals surface area (Å²) < 4.78 is 0. The molecule has 3 nitrogen and oxygen atoms in total. The van der Waals surface area contributed by atoms with Crippen LogP contribution in [-0.2, 0) is 0 Å². The van der Waals surface area contributed by atoms with Crippen LogP contribution in [-0.4, -0.2) is 11.3 Å². The van der Waals surface area contributed by atoms with E-state index in [1.54, 1.807) is 6.21 Å². The normalized spacial score (nSPS) is 11.0. The van der Waals surface area contributed by atoms with Gasteiger partial charge in [0.1, 0.15) is 0 Å². The number of nitrogens with zero attached hydrogens (tertiary/aromatic N) is 1. The third kappa shape index (κ3) is 4.82. The van der Waals surface area contributed by atoms with E-state index in [9.17, 15) is 0 Å². The molecule has 112 valence electrons. The van der Waals surface area contributed by atoms with Gasteiger partial charge in [-0.1, -0.05) is 54.6 Å². The molecule has 0 saturated heterocycles. The maximum absolute atomic E-state index is 5.24. The summed E-state index contributed by atoms with van der Waals surface area (Å²) in [7, 11) is 0. The van der Waals surface area contributed by atoms with Crippen LogP contribution in [0.5, 0.6) is 0 Å². The van der Waals surface area contributed by atoms with Crippen molar-refractivity contribution in [2.45, 2.75) is 13.8 Å². The van der Waals surface area contributed by atoms with Crippen molar-refractivity contribution in [2.75, 3.05) is 5.32 Å². The molecule has 0 bridgehead atoms. The van der Waals surface area contributed by atoms with Gasteiger partial charge in [0.05, 0.1) is 0 Å². The highest BCUT2D eigenvalue weighted by atomic mass is 32.1. The number of hydrogen-bond acceptors (Lipinski definition) is 2. The minimum Gasteiger partial charge on any atom is -0.331 e. The van der Waals surface area contributed by atoms with E-state index >= 15 is 0 Å². The van der Waals surface area contributed by atoms with Crippen LogP contribution in [0.15, 0.2) is 59.7 Å². The Balaban J connectivity index is 1.85. The number of aryl methyl sites for hydroxylation is 2. The van der Waals surface area contributed by atoms with Gasteiger partial charge in [-0.15, -0.1) is 0 Å². The number of allylic oxidation sites excluding steroid dienone is 1. The lowest BCUT2D eigenvalue weighted by Gasteiger charge is -2.12. The zero-order chi connectivity index (χ0) is 15.8. The smallest absolute Gasteiger partial charge is 0.191 e. The summed E-state index contributed by atoms with van der Waals surface area (Å²) in [6.45, 7) is 4.09. The fourth-order valence-corrected chi connectivity index (χ4v) is 2.17. The minimum atomic E-state index is 0.474. The summed E-state index contributed by atoms with van der Waals surface area (Å²) in [4.78, 5) is 0. The SMILES string of the molecule is Cc1cccc(C)c1NC(=S)N/N=C/C=C/c1ccccc1. The van der Waals surface area contributed by atoms with Crippen LogP contribution in [0.4, 0.5) is 5.69 Å². The lowest BCUT2D eigenvalue weighted by molar-refractivity contribution is 1.05. The Bertz CT molecular complexity index is 670. The Morgan fingerprint density at radius 2 is 1.68 bits per heavy atom. The van der Waals surface area contributed by atoms with Gasteiger partial charge in [-0.3, -0.25) is 5.43 Å². The largest absolute Gasteiger partial charge is 0.331 e. The minimum absolute atomic E-state index is 0.474. The van der Waals surface area contributed by atoms with Gasteiger partial charge in [-0.25, -0.2) is 0 Å². The molecular weight excluding hydrogens is 290 g/mol. The lowest BCUT2D eigenvalue weighted by atomic mass is 10.1. The van der Waals surface area contributed by atoms with E-state index < -0.39 is 0 Å². The predicted molar refractivity (Wildman–Crippen MR) is 99.2 cm³/mol. The number of benzene rings is 2. The summed E-state index contributed by atoms with van der Waals surface area (Å²) in [6, 6.07) is 16.2. The molecule has 0 heterocycles. The van der Waals surface area contributed by atoms with Crippen LogP contribution < -0.4 is 10.7 Å². The average molecular weight is 309 g/mol. The van der Waals surface area contributed by atoms with E-state index in [1.165, 1.54) is 0 Å². The number of rotatable bonds is 4. The molecule has 0 fully saturated rings. The first-order chi connectivity index (χ1) is 10.7. The molecule has 2 aromatic carbocycles. The standard InChI is InChI=1S/C18H19N3S/c1-14-8-6-9-15(2)17(14)20-18(22)21-19-13-7-12-16-10-4-3-5-11-16/h3-13H,1-2H3,(H2,20,21,22)/b12-7+,19-13+. The first-order valence-corrected chi connectivity index (χ1v) is 7.45. The van der Waals surface area contributed by atoms with E-state index in [1.807, 2.05) is 74.5 Å². The Kier molecular flexibility index (Phi) is 5.86. The molecule has 0 radical (unpaired) electrons. The number of anilines is 1. The number of nitrogens with one attached hydrogen (secondary N) is 2. The summed E-state index contributed by atoms with van der Waals surface area (Å²) >= 11 is 5.24. The van der Waals surface area contributed by atoms with Crippen molar-refractivity contribution >= 4 is 35.3 Å². The van der Waals surface area contributed by atoms with Crippen LogP contribution in [0, 0.1) is 13.8 Å². The van der Waals surface area contributed by atoms with Gasteiger partial charge in [0.15, 0.2) is 5.11 Å². The molecule has 0 aliphatic carbocycles. The topological polar surface area (TPSA) is 36.4 Å². The first kappa shape index (κ1) is 15.9. The Hall–Kier alpha value is -2.46. The van der Waals surface area contributed by atoms with Gasteiger partial charge in [-0.05, 0) is 48.8 Å². The maximum Gasteiger partial charge on any atom is 0.191 e. The van der Waals surface area contributed by atoms with Crippen molar-refractivity contribution in [1.82, 2.24) is 5.43 Å². The van der Waals surface area contributed by atoms with Crippen LogP contribution in [0.25, 0.3) is 6.08 Å². The van der Waals surface area contributed by atoms with E-state index in [-0.39, 0.29) is 0 Å². The highest BCUT2D eigenvalue weighted by molar-refractivity contribution is 7.80. The molecule has 0 aliphatic rings. The molecule has 2 N–H and O–H groups in total. The number of thiocarbonyl (C=S) groups is 1. The van der Waals surface area contributed by atoms with Crippen molar-refractivity contribution in [1.29, 1.82) is 0 Å². The molecule has 0 unspecified atom stereocenters. The fourth-order valence-electron chi connectivity index (χ4n) is 2.01. The van der Waals surface area contributed by atoms with E-state index in [0.29, 0.717) is 5.11 Å². The van der Waals surface area contributed by atoms with Crippen molar-refractivity contribution in [3.63, 3.8) is 0 Å². The second-order valence-corrected chi connectivity index (χ2v) is 5.29. The third-order valence-electron chi connectivity index (χ3n) is 3.13. The second-order valence-electron chi connectivity index (χ2n) is 4.88. The van der Waals surface area contributed by atoms with Gasteiger partial charge in [0, 0.05) is 11.9 Å². The summed E-state index contributed by atoms with van der Waals surface area (Å²) in [5, 5.41) is 7.72. The molecule has 0 aliphatic heterocycles. The highest BCUT2D eigenvalue weighted by Gasteiger charge is 2.02. The molecule has 0 amide bonds. The summed E-state index contributed by atoms with van der Waals surface area (Å²) in [5.74, 6) is 0. The average Bonchev–Trinajstić information content (AvgIpc) is 2.52. The number of para-hydroxylation sites is 1. The van der Waals surface area contributed by atoms with Crippen molar-refractivity contribution in [2.24, 2.45) is 5.10 Å². The number of hydrogen-bond donors (Lipinski definition) is 2. The molecule has 22 heavy (non-hydrogen) atoms. The molecule has 2 aromatic rings. The van der Waals surface area contributed by atoms with Crippen molar-refractivity contribution in [3.05, 3.63) is 71.3 Å². The Morgan fingerprint density at radius 1 is 1.00 bits per heavy atom. The van der Waals surface area contributed by atoms with Crippen LogP contribution in [0.1, 0.15) is 16.7 Å². The van der Waals surface area contributed by atoms with Gasteiger partial charge in [-0.2, -0.15) is 5.10 Å². The zero-order valence-electron chi connectivity index (χ0n) is 12.7. The fraction of sp³-hybridized carbons (Fsp3) is 0.111. The predicted octanol–water partition coefficient (Wildman–Crippen LogP) is 4.29. The Labute approximate surface area is 136 Å². The molecule has 0 atom stereocenters. The molecule has 4 heteroatoms. The monoisotopic (exact) mass is 309 g/mol. The zero-order valence-corrected chi connectivity index (χ0v) is 13.5. The maximum atomic E-state index is 5.24. The quantitative estimate of drug-likeness (QED) is 0.502. The summed E-state index contributed by atoms with van der Waals surface area (Å²) in [6.07, 6.45) is 5.52. The molecular formula is C18H19N3S. The van der Waals surface area contributed by atoms with Crippen molar-refractivity contribution in [3.8, 4) is 0 Å². The van der Waals surface area contributed by atoms with Gasteiger partial charge < -0.3 is 5.32 Å². The molecule has 0 aromatic heterocycles. The first-order valence-electron chi connectivity index (χ1n) is 7.05. The molecule has 2 rings (SSSR count). The van der Waals surface area contributed by atoms with Crippen LogP contribution >= 0.6 is 12.2 Å². The number of hydrazone groups is 1. The summed E-state index contributed by atoms with van der Waals surface area (Å²) in [5.41, 5.74) is 7.26. The van der Waals surface area contributed by atoms with Gasteiger partial charge in [0.2, 0.25) is 0 Å². The van der Waals surface area contributed by atoms with Gasteiger partial charge in [0.25, 0.3) is 0 Å². The third-order valence-corrected chi connectivity index (χ3v) is 3.33. The molecule has 0 saturated carbocycles. The molecule has 0 spiro atoms. The van der Waals surface area contributed by atoms with E-state index in [2.05, 4.69) is 15.8 Å². The lowest BCUT2D eigenvalue weighted by Crippen LogP contribution is -2.24. The van der Waals surface area contributed by atoms with E-state index in [0.717, 1.165) is 22.4 Å². The van der Waals surface area contributed by atoms with Crippen molar-refractivity contribution < 1.29 is 0 Å². The highest BCUT2D eigenvalue weighted by Crippen LogP contribution is 2.18. The second kappa shape index (κ2) is 8.10. The Morgan fingerprint density at radius 3 is 2.36 bits per heavy atom. The van der Waals surface area contributed by atoms with E-state index in [4.69, 9.17) is 12.2 Å². The van der Waals surface area contributed by atoms with Crippen LogP contribution in [0.2, 0.25) is 0 Å². The van der Waals surface area contributed by atoms with Crippen LogP contribution in [0.3, 0.4) is 0 Å².